The van der Waals surface area contributed by atoms with E-state index in [1.54, 1.807) is 22.6 Å². The number of aryl methyl sites for hydroxylation is 1. The number of aromatic nitrogens is 2. The van der Waals surface area contributed by atoms with Crippen LogP contribution in [-0.2, 0) is 13.1 Å². The predicted molar refractivity (Wildman–Crippen MR) is 93.6 cm³/mol. The van der Waals surface area contributed by atoms with Crippen molar-refractivity contribution in [2.24, 2.45) is 0 Å². The Morgan fingerprint density at radius 1 is 1.15 bits per heavy atom. The summed E-state index contributed by atoms with van der Waals surface area (Å²) in [5, 5.41) is 0. The first-order valence-corrected chi connectivity index (χ1v) is 8.26. The van der Waals surface area contributed by atoms with Gasteiger partial charge in [0.05, 0.1) is 7.05 Å². The fourth-order valence-corrected chi connectivity index (χ4v) is 2.96. The van der Waals surface area contributed by atoms with E-state index in [-0.39, 0.29) is 11.3 Å². The number of benzene rings is 1. The summed E-state index contributed by atoms with van der Waals surface area (Å²) in [5.74, 6) is 0.140. The predicted octanol–water partition coefficient (Wildman–Crippen LogP) is 1.82. The third kappa shape index (κ3) is 4.23. The number of halogens is 2. The normalized spacial score (nSPS) is 12.5. The van der Waals surface area contributed by atoms with Crippen LogP contribution in [0, 0.1) is 6.92 Å². The fourth-order valence-electron chi connectivity index (χ4n) is 2.96. The molecule has 0 aliphatic heterocycles. The van der Waals surface area contributed by atoms with Crippen LogP contribution in [0.3, 0.4) is 0 Å². The van der Waals surface area contributed by atoms with Crippen LogP contribution < -0.4 is 15.2 Å². The molecule has 136 valence electrons. The molecule has 0 spiro atoms. The van der Waals surface area contributed by atoms with Crippen LogP contribution in [0.15, 0.2) is 53.3 Å². The number of rotatable bonds is 6. The maximum Gasteiger partial charge on any atom is 0.387 e. The van der Waals surface area contributed by atoms with Gasteiger partial charge in [-0.25, -0.2) is 4.98 Å². The Hall–Kier alpha value is -2.80. The van der Waals surface area contributed by atoms with E-state index in [4.69, 9.17) is 0 Å². The number of ether oxygens (including phenoxy) is 1. The number of hydrogen-bond acceptors (Lipinski definition) is 3. The molecule has 1 aromatic carbocycles. The molecule has 0 aliphatic rings. The SMILES string of the molecule is Cc1cccc2nc(C[NH+](C)Cc3ccc(OC(F)F)cc3)cc(=O)n12. The molecular formula is C19H20F2N3O2+. The lowest BCUT2D eigenvalue weighted by molar-refractivity contribution is -0.908. The number of quaternary nitrogens is 1. The second-order valence-corrected chi connectivity index (χ2v) is 6.28. The van der Waals surface area contributed by atoms with Crippen LogP contribution in [-0.4, -0.2) is 23.0 Å². The molecular weight excluding hydrogens is 340 g/mol. The standard InChI is InChI=1S/C19H19F2N3O2/c1-13-4-3-5-17-22-15(10-18(25)24(13)17)12-23(2)11-14-6-8-16(9-7-14)26-19(20)21/h3-10,19H,11-12H2,1-2H3/p+1. The Morgan fingerprint density at radius 3 is 2.58 bits per heavy atom. The van der Waals surface area contributed by atoms with Crippen molar-refractivity contribution in [3.63, 3.8) is 0 Å². The summed E-state index contributed by atoms with van der Waals surface area (Å²) in [4.78, 5) is 18.0. The molecule has 1 N–H and O–H groups in total. The van der Waals surface area contributed by atoms with Gasteiger partial charge in [-0.15, -0.1) is 0 Å². The van der Waals surface area contributed by atoms with Gasteiger partial charge in [0.15, 0.2) is 0 Å². The number of pyridine rings is 1. The summed E-state index contributed by atoms with van der Waals surface area (Å²) >= 11 is 0. The van der Waals surface area contributed by atoms with Crippen molar-refractivity contribution in [3.8, 4) is 5.75 Å². The minimum Gasteiger partial charge on any atom is -0.435 e. The van der Waals surface area contributed by atoms with Crippen LogP contribution in [0.2, 0.25) is 0 Å². The molecule has 0 saturated carbocycles. The third-order valence-electron chi connectivity index (χ3n) is 4.07. The second kappa shape index (κ2) is 7.61. The Bertz CT molecular complexity index is 955. The highest BCUT2D eigenvalue weighted by atomic mass is 19.3. The van der Waals surface area contributed by atoms with Gasteiger partial charge in [-0.1, -0.05) is 6.07 Å². The molecule has 1 unspecified atom stereocenters. The van der Waals surface area contributed by atoms with E-state index in [2.05, 4.69) is 9.72 Å². The van der Waals surface area contributed by atoms with Crippen molar-refractivity contribution < 1.29 is 18.4 Å². The summed E-state index contributed by atoms with van der Waals surface area (Å²) in [6, 6.07) is 13.7. The summed E-state index contributed by atoms with van der Waals surface area (Å²) in [7, 11) is 1.99. The number of hydrogen-bond donors (Lipinski definition) is 1. The van der Waals surface area contributed by atoms with E-state index < -0.39 is 6.61 Å². The smallest absolute Gasteiger partial charge is 0.387 e. The molecule has 5 nitrogen and oxygen atoms in total. The number of nitrogens with zero attached hydrogens (tertiary/aromatic N) is 2. The van der Waals surface area contributed by atoms with Crippen molar-refractivity contribution in [2.75, 3.05) is 7.05 Å². The molecule has 3 aromatic rings. The molecule has 0 saturated heterocycles. The first-order chi connectivity index (χ1) is 12.4. The van der Waals surface area contributed by atoms with Gasteiger partial charge in [0.2, 0.25) is 0 Å². The Labute approximate surface area is 149 Å². The van der Waals surface area contributed by atoms with Crippen LogP contribution in [0.1, 0.15) is 17.0 Å². The fraction of sp³-hybridized carbons (Fsp3) is 0.263. The Morgan fingerprint density at radius 2 is 1.88 bits per heavy atom. The first kappa shape index (κ1) is 18.0. The lowest BCUT2D eigenvalue weighted by Gasteiger charge is -2.14. The maximum absolute atomic E-state index is 12.3. The van der Waals surface area contributed by atoms with Crippen LogP contribution in [0.25, 0.3) is 5.65 Å². The lowest BCUT2D eigenvalue weighted by atomic mass is 10.2. The van der Waals surface area contributed by atoms with E-state index in [1.165, 1.54) is 12.1 Å². The number of fused-ring (bicyclic) bond motifs is 1. The largest absolute Gasteiger partial charge is 0.435 e. The number of nitrogens with one attached hydrogen (secondary N) is 1. The maximum atomic E-state index is 12.3. The van der Waals surface area contributed by atoms with Crippen molar-refractivity contribution in [3.05, 3.63) is 75.8 Å². The van der Waals surface area contributed by atoms with Crippen LogP contribution in [0.5, 0.6) is 5.75 Å². The van der Waals surface area contributed by atoms with Crippen molar-refractivity contribution >= 4 is 5.65 Å². The zero-order chi connectivity index (χ0) is 18.7. The zero-order valence-corrected chi connectivity index (χ0v) is 14.6. The average Bonchev–Trinajstić information content (AvgIpc) is 2.56. The lowest BCUT2D eigenvalue weighted by Crippen LogP contribution is -3.06. The highest BCUT2D eigenvalue weighted by molar-refractivity contribution is 5.40. The van der Waals surface area contributed by atoms with E-state index in [0.717, 1.165) is 21.9 Å². The minimum atomic E-state index is -2.82. The van der Waals surface area contributed by atoms with E-state index >= 15 is 0 Å². The van der Waals surface area contributed by atoms with Crippen LogP contribution in [0.4, 0.5) is 8.78 Å². The summed E-state index contributed by atoms with van der Waals surface area (Å²) in [6.45, 7) is 0.295. The monoisotopic (exact) mass is 360 g/mol. The van der Waals surface area contributed by atoms with Gasteiger partial charge < -0.3 is 9.64 Å². The molecule has 0 bridgehead atoms. The summed E-state index contributed by atoms with van der Waals surface area (Å²) in [6.07, 6.45) is 0. The molecule has 2 aromatic heterocycles. The van der Waals surface area contributed by atoms with Gasteiger partial charge in [0.25, 0.3) is 5.56 Å². The highest BCUT2D eigenvalue weighted by Gasteiger charge is 2.11. The Balaban J connectivity index is 1.71. The molecule has 26 heavy (non-hydrogen) atoms. The van der Waals surface area contributed by atoms with E-state index in [9.17, 15) is 13.6 Å². The average molecular weight is 360 g/mol. The molecule has 0 fully saturated rings. The third-order valence-corrected chi connectivity index (χ3v) is 4.07. The first-order valence-electron chi connectivity index (χ1n) is 8.26. The summed E-state index contributed by atoms with van der Waals surface area (Å²) < 4.78 is 30.3. The van der Waals surface area contributed by atoms with Gasteiger partial charge in [0.1, 0.15) is 30.2 Å². The Kier molecular flexibility index (Phi) is 5.27. The molecule has 3 rings (SSSR count). The van der Waals surface area contributed by atoms with Gasteiger partial charge in [-0.2, -0.15) is 8.78 Å². The summed E-state index contributed by atoms with van der Waals surface area (Å²) in [5.41, 5.74) is 3.09. The topological polar surface area (TPSA) is 48.0 Å². The van der Waals surface area contributed by atoms with E-state index in [0.29, 0.717) is 18.7 Å². The molecule has 2 heterocycles. The van der Waals surface area contributed by atoms with Crippen molar-refractivity contribution in [2.45, 2.75) is 26.6 Å². The van der Waals surface area contributed by atoms with E-state index in [1.807, 2.05) is 32.2 Å². The molecule has 1 atom stereocenters. The second-order valence-electron chi connectivity index (χ2n) is 6.28. The number of alkyl halides is 2. The van der Waals surface area contributed by atoms with Gasteiger partial charge in [-0.05, 0) is 43.3 Å². The van der Waals surface area contributed by atoms with Crippen LogP contribution >= 0.6 is 0 Å². The molecule has 0 amide bonds. The molecule has 0 aliphatic carbocycles. The van der Waals surface area contributed by atoms with Gasteiger partial charge in [-0.3, -0.25) is 9.20 Å². The quantitative estimate of drug-likeness (QED) is 0.730. The highest BCUT2D eigenvalue weighted by Crippen LogP contribution is 2.14. The molecule has 7 heteroatoms. The van der Waals surface area contributed by atoms with Gasteiger partial charge in [0, 0.05) is 17.3 Å². The van der Waals surface area contributed by atoms with Crippen molar-refractivity contribution in [1.29, 1.82) is 0 Å². The minimum absolute atomic E-state index is 0.0931. The van der Waals surface area contributed by atoms with Gasteiger partial charge >= 0.3 is 6.61 Å². The zero-order valence-electron chi connectivity index (χ0n) is 14.6. The van der Waals surface area contributed by atoms with Crippen molar-refractivity contribution in [1.82, 2.24) is 9.38 Å². The molecule has 0 radical (unpaired) electrons.